The van der Waals surface area contributed by atoms with E-state index in [9.17, 15) is 5.11 Å². The highest BCUT2D eigenvalue weighted by Gasteiger charge is 2.14. The van der Waals surface area contributed by atoms with Gasteiger partial charge >= 0.3 is 0 Å². The minimum atomic E-state index is -0.00347. The first-order valence-corrected chi connectivity index (χ1v) is 9.67. The molecule has 0 saturated carbocycles. The third-order valence-electron chi connectivity index (χ3n) is 4.37. The molecule has 0 aliphatic rings. The summed E-state index contributed by atoms with van der Waals surface area (Å²) in [4.78, 5) is 5.63. The number of imidazole rings is 1. The van der Waals surface area contributed by atoms with Gasteiger partial charge < -0.3 is 10.4 Å². The van der Waals surface area contributed by atoms with Crippen molar-refractivity contribution in [2.45, 2.75) is 26.3 Å². The van der Waals surface area contributed by atoms with Gasteiger partial charge in [0.2, 0.25) is 0 Å². The van der Waals surface area contributed by atoms with Gasteiger partial charge in [-0.25, -0.2) is 9.50 Å². The van der Waals surface area contributed by atoms with Crippen LogP contribution in [0.4, 0.5) is 5.82 Å². The van der Waals surface area contributed by atoms with Gasteiger partial charge in [-0.2, -0.15) is 0 Å². The molecule has 4 aromatic rings. The van der Waals surface area contributed by atoms with Crippen molar-refractivity contribution in [3.05, 3.63) is 48.7 Å². The van der Waals surface area contributed by atoms with Gasteiger partial charge in [-0.05, 0) is 42.0 Å². The third-order valence-corrected chi connectivity index (χ3v) is 5.51. The molecule has 6 heteroatoms. The zero-order valence-electron chi connectivity index (χ0n) is 14.9. The zero-order valence-corrected chi connectivity index (χ0v) is 15.7. The van der Waals surface area contributed by atoms with Crippen LogP contribution in [0.1, 0.15) is 20.3 Å². The van der Waals surface area contributed by atoms with E-state index >= 15 is 0 Å². The first kappa shape index (κ1) is 17.0. The van der Waals surface area contributed by atoms with Gasteiger partial charge in [0.05, 0.1) is 23.7 Å². The van der Waals surface area contributed by atoms with Gasteiger partial charge in [0, 0.05) is 4.70 Å². The predicted octanol–water partition coefficient (Wildman–Crippen LogP) is 4.43. The molecule has 5 nitrogen and oxygen atoms in total. The Morgan fingerprint density at radius 2 is 2.04 bits per heavy atom. The number of rotatable bonds is 6. The average Bonchev–Trinajstić information content (AvgIpc) is 3.23. The number of aromatic nitrogens is 3. The molecule has 1 unspecified atom stereocenters. The highest BCUT2D eigenvalue weighted by Crippen LogP contribution is 2.33. The summed E-state index contributed by atoms with van der Waals surface area (Å²) in [6.07, 6.45) is 2.76. The number of benzene rings is 1. The summed E-state index contributed by atoms with van der Waals surface area (Å²) in [5, 5.41) is 18.9. The van der Waals surface area contributed by atoms with Crippen LogP contribution in [0.5, 0.6) is 0 Å². The summed E-state index contributed by atoms with van der Waals surface area (Å²) >= 11 is 1.74. The maximum absolute atomic E-state index is 9.61. The Hall–Kier alpha value is -2.44. The van der Waals surface area contributed by atoms with Crippen LogP contribution in [-0.2, 0) is 0 Å². The molecule has 0 fully saturated rings. The number of aliphatic hydroxyl groups excluding tert-OH is 1. The van der Waals surface area contributed by atoms with E-state index in [1.807, 2.05) is 22.8 Å². The number of fused-ring (bicyclic) bond motifs is 2. The third kappa shape index (κ3) is 3.30. The van der Waals surface area contributed by atoms with Gasteiger partial charge in [0.25, 0.3) is 0 Å². The Balaban J connectivity index is 1.70. The van der Waals surface area contributed by atoms with Gasteiger partial charge in [0.15, 0.2) is 5.65 Å². The van der Waals surface area contributed by atoms with Crippen molar-refractivity contribution in [3.8, 4) is 10.6 Å². The fourth-order valence-electron chi connectivity index (χ4n) is 3.18. The van der Waals surface area contributed by atoms with Gasteiger partial charge in [0.1, 0.15) is 11.5 Å². The Morgan fingerprint density at radius 1 is 1.19 bits per heavy atom. The van der Waals surface area contributed by atoms with Crippen LogP contribution >= 0.6 is 11.3 Å². The summed E-state index contributed by atoms with van der Waals surface area (Å²) in [7, 11) is 0. The normalized spacial score (nSPS) is 12.9. The van der Waals surface area contributed by atoms with E-state index < -0.39 is 0 Å². The van der Waals surface area contributed by atoms with Crippen molar-refractivity contribution in [1.29, 1.82) is 0 Å². The van der Waals surface area contributed by atoms with E-state index in [1.54, 1.807) is 11.3 Å². The van der Waals surface area contributed by atoms with Crippen molar-refractivity contribution in [1.82, 2.24) is 14.6 Å². The second-order valence-corrected chi connectivity index (χ2v) is 8.02. The van der Waals surface area contributed by atoms with Crippen LogP contribution < -0.4 is 5.32 Å². The summed E-state index contributed by atoms with van der Waals surface area (Å²) in [5.74, 6) is 1.25. The maximum atomic E-state index is 9.61. The van der Waals surface area contributed by atoms with Crippen LogP contribution in [-0.4, -0.2) is 32.4 Å². The Bertz CT molecular complexity index is 1000. The zero-order chi connectivity index (χ0) is 18.1. The van der Waals surface area contributed by atoms with Gasteiger partial charge in [-0.3, -0.25) is 0 Å². The molecule has 26 heavy (non-hydrogen) atoms. The molecular weight excluding hydrogens is 344 g/mol. The molecule has 2 N–H and O–H groups in total. The molecule has 1 aromatic carbocycles. The minimum Gasteiger partial charge on any atom is -0.394 e. The fraction of sp³-hybridized carbons (Fsp3) is 0.300. The van der Waals surface area contributed by atoms with Crippen LogP contribution in [0.25, 0.3) is 26.3 Å². The highest BCUT2D eigenvalue weighted by molar-refractivity contribution is 7.22. The molecule has 0 saturated heterocycles. The van der Waals surface area contributed by atoms with Gasteiger partial charge in [-0.1, -0.05) is 32.0 Å². The number of nitrogens with one attached hydrogen (secondary N) is 1. The van der Waals surface area contributed by atoms with E-state index in [4.69, 9.17) is 5.10 Å². The second kappa shape index (κ2) is 7.05. The van der Waals surface area contributed by atoms with Crippen molar-refractivity contribution in [2.75, 3.05) is 11.9 Å². The lowest BCUT2D eigenvalue weighted by molar-refractivity contribution is 0.259. The number of nitrogens with zero attached hydrogens (tertiary/aromatic N) is 3. The summed E-state index contributed by atoms with van der Waals surface area (Å²) < 4.78 is 3.13. The Morgan fingerprint density at radius 3 is 2.81 bits per heavy atom. The lowest BCUT2D eigenvalue weighted by Crippen LogP contribution is -2.26. The molecule has 0 bridgehead atoms. The van der Waals surface area contributed by atoms with Crippen molar-refractivity contribution in [3.63, 3.8) is 0 Å². The fourth-order valence-corrected chi connectivity index (χ4v) is 4.24. The number of thiophene rings is 1. The van der Waals surface area contributed by atoms with Crippen LogP contribution in [0.3, 0.4) is 0 Å². The maximum Gasteiger partial charge on any atom is 0.154 e. The molecule has 0 spiro atoms. The summed E-state index contributed by atoms with van der Waals surface area (Å²) in [6, 6.07) is 14.4. The van der Waals surface area contributed by atoms with Crippen LogP contribution in [0.15, 0.2) is 48.7 Å². The first-order chi connectivity index (χ1) is 12.6. The quantitative estimate of drug-likeness (QED) is 0.530. The van der Waals surface area contributed by atoms with E-state index in [2.05, 4.69) is 54.5 Å². The van der Waals surface area contributed by atoms with Crippen molar-refractivity contribution in [2.24, 2.45) is 5.92 Å². The van der Waals surface area contributed by atoms with Crippen molar-refractivity contribution < 1.29 is 5.11 Å². The first-order valence-electron chi connectivity index (χ1n) is 8.85. The summed E-state index contributed by atoms with van der Waals surface area (Å²) in [6.45, 7) is 4.39. The number of anilines is 1. The van der Waals surface area contributed by atoms with E-state index in [0.29, 0.717) is 5.92 Å². The van der Waals surface area contributed by atoms with Crippen LogP contribution in [0.2, 0.25) is 0 Å². The standard InChI is InChI=1S/C20H22N4OS/c1-13(2)9-15(12-25)22-19-7-8-20-21-11-16(24(20)23-19)18-10-14-5-3-4-6-17(14)26-18/h3-8,10-11,13,15,25H,9,12H2,1-2H3,(H,22,23). The molecule has 134 valence electrons. The predicted molar refractivity (Wildman–Crippen MR) is 108 cm³/mol. The summed E-state index contributed by atoms with van der Waals surface area (Å²) in [5.41, 5.74) is 1.79. The lowest BCUT2D eigenvalue weighted by Gasteiger charge is -2.18. The molecule has 1 atom stereocenters. The monoisotopic (exact) mass is 366 g/mol. The molecule has 0 amide bonds. The molecule has 0 aliphatic carbocycles. The van der Waals surface area contributed by atoms with Gasteiger partial charge in [-0.15, -0.1) is 16.4 Å². The van der Waals surface area contributed by atoms with E-state index in [0.717, 1.165) is 28.5 Å². The lowest BCUT2D eigenvalue weighted by atomic mass is 10.0. The van der Waals surface area contributed by atoms with E-state index in [-0.39, 0.29) is 12.6 Å². The average molecular weight is 366 g/mol. The molecule has 4 rings (SSSR count). The van der Waals surface area contributed by atoms with Crippen molar-refractivity contribution >= 4 is 32.9 Å². The molecule has 3 heterocycles. The highest BCUT2D eigenvalue weighted by atomic mass is 32.1. The smallest absolute Gasteiger partial charge is 0.154 e. The SMILES string of the molecule is CC(C)CC(CO)Nc1ccc2ncc(-c3cc4ccccc4s3)n2n1. The number of hydrogen-bond donors (Lipinski definition) is 2. The largest absolute Gasteiger partial charge is 0.394 e. The minimum absolute atomic E-state index is 0.00347. The van der Waals surface area contributed by atoms with E-state index in [1.165, 1.54) is 10.1 Å². The number of hydrogen-bond acceptors (Lipinski definition) is 5. The Labute approximate surface area is 156 Å². The molecule has 3 aromatic heterocycles. The Kier molecular flexibility index (Phi) is 4.61. The molecular formula is C20H22N4OS. The van der Waals surface area contributed by atoms with Crippen LogP contribution in [0, 0.1) is 5.92 Å². The number of aliphatic hydroxyl groups is 1. The second-order valence-electron chi connectivity index (χ2n) is 6.93. The molecule has 0 radical (unpaired) electrons. The molecule has 0 aliphatic heterocycles. The topological polar surface area (TPSA) is 62.5 Å².